The molecular weight excluding hydrogens is 424 g/mol. The Bertz CT molecular complexity index is 774. The normalized spacial score (nSPS) is 17.6. The molecule has 1 aliphatic heterocycles. The third kappa shape index (κ3) is 4.39. The number of aromatic nitrogens is 2. The van der Waals surface area contributed by atoms with Crippen molar-refractivity contribution in [2.75, 3.05) is 26.9 Å². The molecule has 1 unspecified atom stereocenters. The van der Waals surface area contributed by atoms with Gasteiger partial charge in [-0.25, -0.2) is 9.48 Å². The summed E-state index contributed by atoms with van der Waals surface area (Å²) < 4.78 is 18.6. The van der Waals surface area contributed by atoms with Crippen LogP contribution in [0.25, 0.3) is 10.9 Å². The Labute approximate surface area is 165 Å². The molecule has 26 heavy (non-hydrogen) atoms. The third-order valence-electron chi connectivity index (χ3n) is 4.48. The molecule has 3 rings (SSSR count). The fourth-order valence-corrected chi connectivity index (χ4v) is 4.22. The Balaban J connectivity index is 1.70. The molecule has 1 aliphatic rings. The highest BCUT2D eigenvalue weighted by Crippen LogP contribution is 2.36. The number of methoxy groups -OCH3 is 1. The van der Waals surface area contributed by atoms with Crippen molar-refractivity contribution in [3.8, 4) is 0 Å². The minimum Gasteiger partial charge on any atom is -0.467 e. The second kappa shape index (κ2) is 9.17. The maximum atomic E-state index is 11.0. The van der Waals surface area contributed by atoms with Crippen LogP contribution in [0.1, 0.15) is 37.5 Å². The average molecular weight is 446 g/mol. The van der Waals surface area contributed by atoms with E-state index in [0.717, 1.165) is 59.7 Å². The summed E-state index contributed by atoms with van der Waals surface area (Å²) in [5.41, 5.74) is 1.99. The number of carbonyl (C=O) groups is 1. The standard InChI is InChI=1S/C18H22BrClN2O4/c1-24-17(23)11-25-7-4-5-12-14(20)9-15-13(18(12)19)10-21-22(15)16-6-2-3-8-26-16/h9-10,16H,2-8,11H2,1H3. The number of halogens is 2. The minimum atomic E-state index is -0.372. The second-order valence-electron chi connectivity index (χ2n) is 6.23. The molecule has 0 spiro atoms. The Morgan fingerprint density at radius 1 is 1.50 bits per heavy atom. The van der Waals surface area contributed by atoms with Crippen LogP contribution < -0.4 is 0 Å². The summed E-state index contributed by atoms with van der Waals surface area (Å²) in [6.45, 7) is 1.20. The summed E-state index contributed by atoms with van der Waals surface area (Å²) >= 11 is 10.2. The van der Waals surface area contributed by atoms with Gasteiger partial charge >= 0.3 is 5.97 Å². The number of benzene rings is 1. The van der Waals surface area contributed by atoms with Crippen molar-refractivity contribution in [1.29, 1.82) is 0 Å². The van der Waals surface area contributed by atoms with Gasteiger partial charge in [-0.2, -0.15) is 5.10 Å². The van der Waals surface area contributed by atoms with E-state index in [4.69, 9.17) is 21.1 Å². The first kappa shape index (κ1) is 19.6. The van der Waals surface area contributed by atoms with Gasteiger partial charge in [-0.15, -0.1) is 0 Å². The van der Waals surface area contributed by atoms with Crippen LogP contribution in [0.3, 0.4) is 0 Å². The lowest BCUT2D eigenvalue weighted by Gasteiger charge is -2.23. The predicted molar refractivity (Wildman–Crippen MR) is 102 cm³/mol. The summed E-state index contributed by atoms with van der Waals surface area (Å²) in [6.07, 6.45) is 6.52. The quantitative estimate of drug-likeness (QED) is 0.470. The SMILES string of the molecule is COC(=O)COCCCc1c(Cl)cc2c(cnn2C2CCCCO2)c1Br. The zero-order chi connectivity index (χ0) is 18.5. The predicted octanol–water partition coefficient (Wildman–Crippen LogP) is 4.27. The van der Waals surface area contributed by atoms with Crippen LogP contribution in [0.4, 0.5) is 0 Å². The maximum absolute atomic E-state index is 11.0. The zero-order valence-corrected chi connectivity index (χ0v) is 17.0. The number of carbonyl (C=O) groups excluding carboxylic acids is 1. The van der Waals surface area contributed by atoms with Gasteiger partial charge < -0.3 is 14.2 Å². The molecule has 1 aromatic heterocycles. The van der Waals surface area contributed by atoms with Crippen molar-refractivity contribution >= 4 is 44.4 Å². The van der Waals surface area contributed by atoms with E-state index in [0.29, 0.717) is 11.6 Å². The molecule has 6 nitrogen and oxygen atoms in total. The van der Waals surface area contributed by atoms with Crippen LogP contribution in [0.2, 0.25) is 5.02 Å². The van der Waals surface area contributed by atoms with E-state index in [-0.39, 0.29) is 18.8 Å². The molecule has 1 atom stereocenters. The zero-order valence-electron chi connectivity index (χ0n) is 14.7. The molecule has 2 aromatic rings. The average Bonchev–Trinajstić information content (AvgIpc) is 3.08. The van der Waals surface area contributed by atoms with E-state index in [1.165, 1.54) is 7.11 Å². The third-order valence-corrected chi connectivity index (χ3v) is 5.72. The van der Waals surface area contributed by atoms with E-state index in [1.807, 2.05) is 16.9 Å². The lowest BCUT2D eigenvalue weighted by molar-refractivity contribution is -0.145. The molecular formula is C18H22BrClN2O4. The summed E-state index contributed by atoms with van der Waals surface area (Å²) in [6, 6.07) is 1.96. The Kier molecular flexibility index (Phi) is 6.92. The fourth-order valence-electron chi connectivity index (χ4n) is 3.10. The van der Waals surface area contributed by atoms with Crippen LogP contribution in [0.15, 0.2) is 16.7 Å². The van der Waals surface area contributed by atoms with E-state index in [1.54, 1.807) is 0 Å². The number of esters is 1. The molecule has 0 amide bonds. The van der Waals surface area contributed by atoms with Gasteiger partial charge in [0.2, 0.25) is 0 Å². The maximum Gasteiger partial charge on any atom is 0.331 e. The van der Waals surface area contributed by atoms with Gasteiger partial charge in [-0.05, 0) is 59.7 Å². The molecule has 0 aliphatic carbocycles. The topological polar surface area (TPSA) is 62.6 Å². The van der Waals surface area contributed by atoms with Gasteiger partial charge in [0.1, 0.15) is 6.61 Å². The molecule has 1 fully saturated rings. The Morgan fingerprint density at radius 2 is 2.35 bits per heavy atom. The van der Waals surface area contributed by atoms with Crippen LogP contribution in [-0.2, 0) is 25.4 Å². The van der Waals surface area contributed by atoms with E-state index in [2.05, 4.69) is 25.8 Å². The molecule has 8 heteroatoms. The van der Waals surface area contributed by atoms with Gasteiger partial charge in [-0.1, -0.05) is 11.6 Å². The highest BCUT2D eigenvalue weighted by Gasteiger charge is 2.21. The van der Waals surface area contributed by atoms with Gasteiger partial charge in [0.15, 0.2) is 6.23 Å². The van der Waals surface area contributed by atoms with Gasteiger partial charge in [0.25, 0.3) is 0 Å². The lowest BCUT2D eigenvalue weighted by Crippen LogP contribution is -2.19. The second-order valence-corrected chi connectivity index (χ2v) is 7.43. The van der Waals surface area contributed by atoms with E-state index in [9.17, 15) is 4.79 Å². The number of ether oxygens (including phenoxy) is 3. The summed E-state index contributed by atoms with van der Waals surface area (Å²) in [4.78, 5) is 11.0. The monoisotopic (exact) mass is 444 g/mol. The van der Waals surface area contributed by atoms with Crippen LogP contribution in [0, 0.1) is 0 Å². The van der Waals surface area contributed by atoms with Gasteiger partial charge in [0.05, 0.1) is 18.8 Å². The lowest BCUT2D eigenvalue weighted by atomic mass is 10.1. The molecule has 0 bridgehead atoms. The van der Waals surface area contributed by atoms with E-state index >= 15 is 0 Å². The number of hydrogen-bond donors (Lipinski definition) is 0. The number of hydrogen-bond acceptors (Lipinski definition) is 5. The molecule has 0 saturated carbocycles. The first-order valence-electron chi connectivity index (χ1n) is 8.72. The van der Waals surface area contributed by atoms with Gasteiger partial charge in [-0.3, -0.25) is 0 Å². The van der Waals surface area contributed by atoms with Crippen molar-refractivity contribution in [2.45, 2.75) is 38.3 Å². The minimum absolute atomic E-state index is 0.0261. The summed E-state index contributed by atoms with van der Waals surface area (Å²) in [7, 11) is 1.34. The molecule has 1 aromatic carbocycles. The first-order chi connectivity index (χ1) is 12.6. The van der Waals surface area contributed by atoms with Crippen molar-refractivity contribution < 1.29 is 19.0 Å². The number of nitrogens with zero attached hydrogens (tertiary/aromatic N) is 2. The molecule has 2 heterocycles. The first-order valence-corrected chi connectivity index (χ1v) is 9.89. The molecule has 0 radical (unpaired) electrons. The number of fused-ring (bicyclic) bond motifs is 1. The van der Waals surface area contributed by atoms with Crippen molar-refractivity contribution in [1.82, 2.24) is 9.78 Å². The largest absolute Gasteiger partial charge is 0.467 e. The Morgan fingerprint density at radius 3 is 3.08 bits per heavy atom. The van der Waals surface area contributed by atoms with Crippen molar-refractivity contribution in [3.05, 3.63) is 27.3 Å². The fraction of sp³-hybridized carbons (Fsp3) is 0.556. The smallest absolute Gasteiger partial charge is 0.331 e. The molecule has 0 N–H and O–H groups in total. The van der Waals surface area contributed by atoms with E-state index < -0.39 is 0 Å². The number of rotatable bonds is 7. The highest BCUT2D eigenvalue weighted by atomic mass is 79.9. The van der Waals surface area contributed by atoms with Crippen LogP contribution in [0.5, 0.6) is 0 Å². The van der Waals surface area contributed by atoms with Crippen LogP contribution in [-0.4, -0.2) is 42.7 Å². The van der Waals surface area contributed by atoms with Gasteiger partial charge in [0, 0.05) is 28.1 Å². The summed E-state index contributed by atoms with van der Waals surface area (Å²) in [5, 5.41) is 6.24. The van der Waals surface area contributed by atoms with Crippen LogP contribution >= 0.6 is 27.5 Å². The molecule has 142 valence electrons. The Hall–Kier alpha value is -1.15. The van der Waals surface area contributed by atoms with Crippen molar-refractivity contribution in [2.24, 2.45) is 0 Å². The summed E-state index contributed by atoms with van der Waals surface area (Å²) in [5.74, 6) is -0.372. The molecule has 1 saturated heterocycles. The van der Waals surface area contributed by atoms with Crippen molar-refractivity contribution in [3.63, 3.8) is 0 Å². The highest BCUT2D eigenvalue weighted by molar-refractivity contribution is 9.10.